The van der Waals surface area contributed by atoms with E-state index in [0.29, 0.717) is 12.3 Å². The molecule has 1 saturated carbocycles. The lowest BCUT2D eigenvalue weighted by molar-refractivity contribution is -0.119. The zero-order chi connectivity index (χ0) is 20.4. The number of primary amides is 1. The zero-order valence-electron chi connectivity index (χ0n) is 17.2. The summed E-state index contributed by atoms with van der Waals surface area (Å²) in [4.78, 5) is 15.5. The monoisotopic (exact) mass is 536 g/mol. The van der Waals surface area contributed by atoms with E-state index in [4.69, 9.17) is 10.5 Å². The number of carbonyl (C=O) groups is 1. The van der Waals surface area contributed by atoms with E-state index in [1.807, 2.05) is 32.0 Å². The molecular weight excluding hydrogens is 503 g/mol. The Kier molecular flexibility index (Phi) is 12.2. The number of rotatable bonds is 9. The Morgan fingerprint density at radius 1 is 1.34 bits per heavy atom. The molecule has 164 valence electrons. The van der Waals surface area contributed by atoms with E-state index in [2.05, 4.69) is 15.6 Å². The molecule has 29 heavy (non-hydrogen) atoms. The number of nitrogens with two attached hydrogens (primary N) is 1. The molecule has 2 rings (SSSR count). The van der Waals surface area contributed by atoms with Gasteiger partial charge in [-0.15, -0.1) is 24.0 Å². The predicted molar refractivity (Wildman–Crippen MR) is 129 cm³/mol. The minimum absolute atomic E-state index is 0. The summed E-state index contributed by atoms with van der Waals surface area (Å²) in [5.74, 6) is 1.58. The first-order valence-electron chi connectivity index (χ1n) is 9.93. The normalized spacial score (nSPS) is 20.3. The summed E-state index contributed by atoms with van der Waals surface area (Å²) < 4.78 is 17.5. The van der Waals surface area contributed by atoms with Gasteiger partial charge in [0.15, 0.2) is 12.6 Å². The van der Waals surface area contributed by atoms with Crippen LogP contribution in [0, 0.1) is 0 Å². The molecule has 3 unspecified atom stereocenters. The first kappa shape index (κ1) is 25.7. The molecular formula is C20H33IN4O3S. The van der Waals surface area contributed by atoms with Gasteiger partial charge >= 0.3 is 0 Å². The minimum Gasteiger partial charge on any atom is -0.484 e. The largest absolute Gasteiger partial charge is 0.484 e. The van der Waals surface area contributed by atoms with Gasteiger partial charge in [-0.1, -0.05) is 25.5 Å². The van der Waals surface area contributed by atoms with E-state index in [0.717, 1.165) is 49.5 Å². The number of benzene rings is 1. The SMILES string of the molecule is CCNC(=NCc1cccc(OCC(N)=O)c1)NC1CCCC(S(=O)CC)C1.I. The summed E-state index contributed by atoms with van der Waals surface area (Å²) in [5, 5.41) is 7.06. The number of guanidine groups is 1. The number of aliphatic imine (C=N–C) groups is 1. The first-order valence-corrected chi connectivity index (χ1v) is 11.3. The van der Waals surface area contributed by atoms with Crippen molar-refractivity contribution in [2.45, 2.75) is 57.4 Å². The fraction of sp³-hybridized carbons (Fsp3) is 0.600. The van der Waals surface area contributed by atoms with Gasteiger partial charge in [-0.3, -0.25) is 9.00 Å². The summed E-state index contributed by atoms with van der Waals surface area (Å²) >= 11 is 0. The number of nitrogens with zero attached hydrogens (tertiary/aromatic N) is 1. The maximum absolute atomic E-state index is 12.2. The molecule has 1 aromatic rings. The van der Waals surface area contributed by atoms with Crippen molar-refractivity contribution in [1.82, 2.24) is 10.6 Å². The molecule has 1 fully saturated rings. The van der Waals surface area contributed by atoms with Gasteiger partial charge < -0.3 is 21.1 Å². The van der Waals surface area contributed by atoms with Crippen molar-refractivity contribution >= 4 is 46.6 Å². The van der Waals surface area contributed by atoms with Crippen molar-refractivity contribution in [3.8, 4) is 5.75 Å². The van der Waals surface area contributed by atoms with Crippen LogP contribution in [-0.4, -0.2) is 46.3 Å². The summed E-state index contributed by atoms with van der Waals surface area (Å²) in [7, 11) is -0.741. The van der Waals surface area contributed by atoms with Crippen LogP contribution in [-0.2, 0) is 22.1 Å². The second-order valence-electron chi connectivity index (χ2n) is 6.90. The molecule has 4 N–H and O–H groups in total. The third-order valence-electron chi connectivity index (χ3n) is 4.67. The van der Waals surface area contributed by atoms with Gasteiger partial charge in [0.25, 0.3) is 5.91 Å². The van der Waals surface area contributed by atoms with Crippen LogP contribution < -0.4 is 21.1 Å². The number of hydrogen-bond acceptors (Lipinski definition) is 4. The molecule has 9 heteroatoms. The molecule has 7 nitrogen and oxygen atoms in total. The average Bonchev–Trinajstić information content (AvgIpc) is 2.70. The van der Waals surface area contributed by atoms with Gasteiger partial charge in [0.1, 0.15) is 5.75 Å². The molecule has 0 spiro atoms. The smallest absolute Gasteiger partial charge is 0.255 e. The van der Waals surface area contributed by atoms with E-state index in [1.54, 1.807) is 6.07 Å². The zero-order valence-corrected chi connectivity index (χ0v) is 20.3. The maximum atomic E-state index is 12.2. The van der Waals surface area contributed by atoms with Crippen molar-refractivity contribution in [2.75, 3.05) is 18.9 Å². The Bertz CT molecular complexity index is 702. The Hall–Kier alpha value is -1.36. The molecule has 1 aliphatic rings. The van der Waals surface area contributed by atoms with E-state index < -0.39 is 16.7 Å². The fourth-order valence-corrected chi connectivity index (χ4v) is 4.67. The van der Waals surface area contributed by atoms with Crippen LogP contribution in [0.3, 0.4) is 0 Å². The molecule has 0 saturated heterocycles. The highest BCUT2D eigenvalue weighted by atomic mass is 127. The van der Waals surface area contributed by atoms with Crippen LogP contribution in [0.5, 0.6) is 5.75 Å². The third-order valence-corrected chi connectivity index (χ3v) is 6.41. The summed E-state index contributed by atoms with van der Waals surface area (Å²) in [6.07, 6.45) is 4.12. The van der Waals surface area contributed by atoms with Crippen LogP contribution in [0.4, 0.5) is 0 Å². The highest BCUT2D eigenvalue weighted by Crippen LogP contribution is 2.23. The van der Waals surface area contributed by atoms with Crippen LogP contribution in [0.2, 0.25) is 0 Å². The van der Waals surface area contributed by atoms with E-state index >= 15 is 0 Å². The lowest BCUT2D eigenvalue weighted by Gasteiger charge is -2.30. The van der Waals surface area contributed by atoms with Gasteiger partial charge in [0, 0.05) is 34.4 Å². The second-order valence-corrected chi connectivity index (χ2v) is 8.90. The fourth-order valence-electron chi connectivity index (χ4n) is 3.32. The van der Waals surface area contributed by atoms with Crippen molar-refractivity contribution in [1.29, 1.82) is 0 Å². The predicted octanol–water partition coefficient (Wildman–Crippen LogP) is 2.30. The van der Waals surface area contributed by atoms with Crippen molar-refractivity contribution in [3.05, 3.63) is 29.8 Å². The summed E-state index contributed by atoms with van der Waals surface area (Å²) in [5.41, 5.74) is 6.09. The molecule has 0 aromatic heterocycles. The van der Waals surface area contributed by atoms with Crippen molar-refractivity contribution in [3.63, 3.8) is 0 Å². The molecule has 1 aliphatic carbocycles. The maximum Gasteiger partial charge on any atom is 0.255 e. The lowest BCUT2D eigenvalue weighted by Crippen LogP contribution is -2.46. The van der Waals surface area contributed by atoms with Gasteiger partial charge in [-0.25, -0.2) is 4.99 Å². The van der Waals surface area contributed by atoms with E-state index in [9.17, 15) is 9.00 Å². The molecule has 3 atom stereocenters. The second kappa shape index (κ2) is 13.8. The van der Waals surface area contributed by atoms with Crippen LogP contribution in [0.15, 0.2) is 29.3 Å². The third kappa shape index (κ3) is 9.33. The standard InChI is InChI=1S/C20H32N4O3S.HI/c1-3-22-20(24-16-8-6-10-18(12-16)28(26)4-2)23-13-15-7-5-9-17(11-15)27-14-19(21)25;/h5,7,9,11,16,18H,3-4,6,8,10,12-14H2,1-2H3,(H2,21,25)(H2,22,23,24);1H. The van der Waals surface area contributed by atoms with Crippen molar-refractivity contribution < 1.29 is 13.7 Å². The molecule has 0 radical (unpaired) electrons. The minimum atomic E-state index is -0.741. The number of amides is 1. The Balaban J connectivity index is 0.00000420. The van der Waals surface area contributed by atoms with Gasteiger partial charge in [-0.2, -0.15) is 0 Å². The van der Waals surface area contributed by atoms with E-state index in [1.165, 1.54) is 0 Å². The molecule has 0 aliphatic heterocycles. The van der Waals surface area contributed by atoms with Gasteiger partial charge in [0.2, 0.25) is 0 Å². The average molecular weight is 536 g/mol. The highest BCUT2D eigenvalue weighted by molar-refractivity contribution is 14.0. The van der Waals surface area contributed by atoms with Crippen molar-refractivity contribution in [2.24, 2.45) is 10.7 Å². The lowest BCUT2D eigenvalue weighted by atomic mass is 9.95. The number of ether oxygens (including phenoxy) is 1. The summed E-state index contributed by atoms with van der Waals surface area (Å²) in [6.45, 7) is 5.13. The Morgan fingerprint density at radius 2 is 2.14 bits per heavy atom. The topological polar surface area (TPSA) is 106 Å². The number of carbonyl (C=O) groups excluding carboxylic acids is 1. The number of halogens is 1. The quantitative estimate of drug-likeness (QED) is 0.255. The van der Waals surface area contributed by atoms with Gasteiger partial charge in [0.05, 0.1) is 6.54 Å². The number of hydrogen-bond donors (Lipinski definition) is 3. The van der Waals surface area contributed by atoms with Crippen LogP contribution in [0.25, 0.3) is 0 Å². The Morgan fingerprint density at radius 3 is 2.83 bits per heavy atom. The van der Waals surface area contributed by atoms with E-state index in [-0.39, 0.29) is 41.9 Å². The highest BCUT2D eigenvalue weighted by Gasteiger charge is 2.26. The molecule has 0 bridgehead atoms. The molecule has 0 heterocycles. The van der Waals surface area contributed by atoms with Crippen LogP contribution in [0.1, 0.15) is 45.1 Å². The van der Waals surface area contributed by atoms with Crippen LogP contribution >= 0.6 is 24.0 Å². The molecule has 1 aromatic carbocycles. The van der Waals surface area contributed by atoms with Gasteiger partial charge in [-0.05, 0) is 43.9 Å². The number of nitrogens with one attached hydrogen (secondary N) is 2. The molecule has 1 amide bonds. The summed E-state index contributed by atoms with van der Waals surface area (Å²) in [6, 6.07) is 7.77. The first-order chi connectivity index (χ1) is 13.5. The Labute approximate surface area is 193 Å².